The van der Waals surface area contributed by atoms with Crippen molar-refractivity contribution in [1.29, 1.82) is 0 Å². The molecule has 1 amide bonds. The number of hydrogen-bond acceptors (Lipinski definition) is 7. The predicted molar refractivity (Wildman–Crippen MR) is 143 cm³/mol. The zero-order chi connectivity index (χ0) is 28.0. The highest BCUT2D eigenvalue weighted by Crippen LogP contribution is 2.44. The van der Waals surface area contributed by atoms with Crippen LogP contribution in [0.5, 0.6) is 17.2 Å². The van der Waals surface area contributed by atoms with Crippen molar-refractivity contribution in [2.45, 2.75) is 46.3 Å². The highest BCUT2D eigenvalue weighted by atomic mass is 19.1. The number of likely N-dealkylation sites (tertiary alicyclic amines) is 1. The van der Waals surface area contributed by atoms with E-state index in [1.54, 1.807) is 32.0 Å². The number of methoxy groups -OCH3 is 2. The molecule has 1 saturated heterocycles. The van der Waals surface area contributed by atoms with Crippen LogP contribution < -0.4 is 14.2 Å². The molecule has 1 aliphatic rings. The Hall–Kier alpha value is -3.59. The van der Waals surface area contributed by atoms with Crippen LogP contribution in [-0.4, -0.2) is 73.1 Å². The Labute approximate surface area is 223 Å². The second kappa shape index (κ2) is 12.8. The molecule has 38 heavy (non-hydrogen) atoms. The third-order valence-electron chi connectivity index (χ3n) is 6.61. The number of hydrogen-bond donors (Lipinski definition) is 1. The Morgan fingerprint density at radius 3 is 2.32 bits per heavy atom. The van der Waals surface area contributed by atoms with Gasteiger partial charge in [-0.15, -0.1) is 0 Å². The Balaban J connectivity index is 2.14. The fourth-order valence-corrected chi connectivity index (χ4v) is 4.64. The number of aliphatic hydroxyl groups is 1. The van der Waals surface area contributed by atoms with Crippen LogP contribution in [0.4, 0.5) is 4.39 Å². The summed E-state index contributed by atoms with van der Waals surface area (Å²) < 4.78 is 31.2. The summed E-state index contributed by atoms with van der Waals surface area (Å²) >= 11 is 0. The van der Waals surface area contributed by atoms with E-state index in [1.807, 2.05) is 0 Å². The van der Waals surface area contributed by atoms with Crippen molar-refractivity contribution in [2.75, 3.05) is 40.4 Å². The molecule has 3 rings (SSSR count). The molecule has 8 nitrogen and oxygen atoms in total. The molecule has 0 unspecified atom stereocenters. The first-order valence-electron chi connectivity index (χ1n) is 12.9. The average Bonchev–Trinajstić information content (AvgIpc) is 3.16. The Bertz CT molecular complexity index is 1190. The zero-order valence-electron chi connectivity index (χ0n) is 22.9. The monoisotopic (exact) mass is 528 g/mol. The first kappa shape index (κ1) is 29.0. The van der Waals surface area contributed by atoms with Crippen molar-refractivity contribution in [3.8, 4) is 17.2 Å². The van der Waals surface area contributed by atoms with E-state index in [4.69, 9.17) is 14.2 Å². The molecule has 1 aliphatic heterocycles. The average molecular weight is 529 g/mol. The molecule has 0 spiro atoms. The number of ketones is 1. The number of amides is 1. The van der Waals surface area contributed by atoms with Crippen molar-refractivity contribution in [1.82, 2.24) is 9.80 Å². The molecule has 0 aromatic heterocycles. The number of Topliss-reactive ketones (excluding diaryl/α,β-unsaturated/α-hetero) is 1. The largest absolute Gasteiger partial charge is 0.507 e. The van der Waals surface area contributed by atoms with E-state index >= 15 is 0 Å². The Morgan fingerprint density at radius 2 is 1.74 bits per heavy atom. The van der Waals surface area contributed by atoms with Crippen molar-refractivity contribution >= 4 is 17.4 Å². The minimum atomic E-state index is -0.952. The fraction of sp³-hybridized carbons (Fsp3) is 0.448. The number of ether oxygens (including phenoxy) is 3. The van der Waals surface area contributed by atoms with Gasteiger partial charge in [0.25, 0.3) is 11.7 Å². The van der Waals surface area contributed by atoms with Crippen LogP contribution in [0.3, 0.4) is 0 Å². The van der Waals surface area contributed by atoms with Crippen LogP contribution in [0.1, 0.15) is 51.3 Å². The molecule has 0 saturated carbocycles. The van der Waals surface area contributed by atoms with Gasteiger partial charge in [-0.25, -0.2) is 4.39 Å². The Kier molecular flexibility index (Phi) is 9.74. The standard InChI is InChI=1S/C29H37FN2O6/c1-7-31(8-2)14-9-15-32-26(21-17-20(36-5)11-13-23(21)37-6)25(28(34)29(32)35)27(33)19-10-12-24(22(30)16-19)38-18(3)4/h10-13,16-18,26,33H,7-9,14-15H2,1-6H3/t26-/m0/s1. The highest BCUT2D eigenvalue weighted by Gasteiger charge is 2.47. The molecule has 0 aliphatic carbocycles. The number of aliphatic hydroxyl groups excluding tert-OH is 1. The summed E-state index contributed by atoms with van der Waals surface area (Å²) in [4.78, 5) is 30.3. The van der Waals surface area contributed by atoms with Crippen LogP contribution in [0.15, 0.2) is 42.0 Å². The molecule has 1 N–H and O–H groups in total. The van der Waals surface area contributed by atoms with Gasteiger partial charge in [-0.05, 0) is 76.3 Å². The van der Waals surface area contributed by atoms with Crippen LogP contribution in [0, 0.1) is 5.82 Å². The van der Waals surface area contributed by atoms with Gasteiger partial charge in [-0.2, -0.15) is 0 Å². The maximum Gasteiger partial charge on any atom is 0.295 e. The molecule has 206 valence electrons. The smallest absolute Gasteiger partial charge is 0.295 e. The molecule has 2 aromatic carbocycles. The molecular weight excluding hydrogens is 491 g/mol. The maximum absolute atomic E-state index is 14.8. The summed E-state index contributed by atoms with van der Waals surface area (Å²) in [6.45, 7) is 10.4. The second-order valence-corrected chi connectivity index (χ2v) is 9.29. The van der Waals surface area contributed by atoms with E-state index in [0.29, 0.717) is 23.5 Å². The van der Waals surface area contributed by atoms with Gasteiger partial charge in [0.05, 0.1) is 31.9 Å². The van der Waals surface area contributed by atoms with Gasteiger partial charge < -0.3 is 29.1 Å². The summed E-state index contributed by atoms with van der Waals surface area (Å²) in [6, 6.07) is 8.07. The molecule has 1 atom stereocenters. The van der Waals surface area contributed by atoms with E-state index in [1.165, 1.54) is 31.3 Å². The number of nitrogens with zero attached hydrogens (tertiary/aromatic N) is 2. The van der Waals surface area contributed by atoms with Crippen molar-refractivity contribution in [2.24, 2.45) is 0 Å². The third kappa shape index (κ3) is 6.10. The summed E-state index contributed by atoms with van der Waals surface area (Å²) in [5.74, 6) is -1.80. The molecule has 9 heteroatoms. The Morgan fingerprint density at radius 1 is 1.05 bits per heavy atom. The maximum atomic E-state index is 14.8. The number of carbonyl (C=O) groups is 2. The molecule has 0 radical (unpaired) electrons. The van der Waals surface area contributed by atoms with E-state index in [0.717, 1.165) is 25.7 Å². The van der Waals surface area contributed by atoms with E-state index in [-0.39, 0.29) is 29.5 Å². The van der Waals surface area contributed by atoms with E-state index in [2.05, 4.69) is 18.7 Å². The molecule has 1 heterocycles. The van der Waals surface area contributed by atoms with Gasteiger partial charge >= 0.3 is 0 Å². The van der Waals surface area contributed by atoms with Crippen LogP contribution >= 0.6 is 0 Å². The highest BCUT2D eigenvalue weighted by molar-refractivity contribution is 6.46. The van der Waals surface area contributed by atoms with Crippen LogP contribution in [0.2, 0.25) is 0 Å². The van der Waals surface area contributed by atoms with Gasteiger partial charge in [0.2, 0.25) is 0 Å². The third-order valence-corrected chi connectivity index (χ3v) is 6.61. The first-order valence-corrected chi connectivity index (χ1v) is 12.9. The molecular formula is C29H37FN2O6. The first-order chi connectivity index (χ1) is 18.2. The molecule has 0 bridgehead atoms. The van der Waals surface area contributed by atoms with Crippen molar-refractivity contribution in [3.05, 3.63) is 58.9 Å². The number of halogens is 1. The van der Waals surface area contributed by atoms with Gasteiger partial charge in [0.1, 0.15) is 17.3 Å². The summed E-state index contributed by atoms with van der Waals surface area (Å²) in [7, 11) is 3.00. The lowest BCUT2D eigenvalue weighted by atomic mass is 9.94. The summed E-state index contributed by atoms with van der Waals surface area (Å²) in [5, 5.41) is 11.3. The lowest BCUT2D eigenvalue weighted by Crippen LogP contribution is -2.33. The number of carbonyl (C=O) groups excluding carboxylic acids is 2. The summed E-state index contributed by atoms with van der Waals surface area (Å²) in [5.41, 5.74) is 0.406. The van der Waals surface area contributed by atoms with Gasteiger partial charge in [0, 0.05) is 17.7 Å². The van der Waals surface area contributed by atoms with Crippen LogP contribution in [-0.2, 0) is 9.59 Å². The quantitative estimate of drug-likeness (QED) is 0.241. The fourth-order valence-electron chi connectivity index (χ4n) is 4.64. The number of rotatable bonds is 12. The van der Waals surface area contributed by atoms with Crippen molar-refractivity contribution in [3.63, 3.8) is 0 Å². The van der Waals surface area contributed by atoms with E-state index < -0.39 is 29.3 Å². The minimum absolute atomic E-state index is 0.0272. The van der Waals surface area contributed by atoms with Gasteiger partial charge in [-0.1, -0.05) is 13.8 Å². The molecule has 2 aromatic rings. The van der Waals surface area contributed by atoms with Gasteiger partial charge in [-0.3, -0.25) is 9.59 Å². The number of benzene rings is 2. The SMILES string of the molecule is CCN(CC)CCCN1C(=O)C(=O)C(=C(O)c2ccc(OC(C)C)c(F)c2)[C@@H]1c1cc(OC)ccc1OC. The summed E-state index contributed by atoms with van der Waals surface area (Å²) in [6.07, 6.45) is 0.374. The molecule has 1 fully saturated rings. The second-order valence-electron chi connectivity index (χ2n) is 9.29. The normalized spacial score (nSPS) is 17.0. The van der Waals surface area contributed by atoms with E-state index in [9.17, 15) is 19.1 Å². The lowest BCUT2D eigenvalue weighted by molar-refractivity contribution is -0.140. The van der Waals surface area contributed by atoms with Crippen molar-refractivity contribution < 1.29 is 33.3 Å². The lowest BCUT2D eigenvalue weighted by Gasteiger charge is -2.28. The predicted octanol–water partition coefficient (Wildman–Crippen LogP) is 4.78. The van der Waals surface area contributed by atoms with Gasteiger partial charge in [0.15, 0.2) is 11.6 Å². The van der Waals surface area contributed by atoms with Crippen LogP contribution in [0.25, 0.3) is 5.76 Å². The topological polar surface area (TPSA) is 88.5 Å². The minimum Gasteiger partial charge on any atom is -0.507 e. The zero-order valence-corrected chi connectivity index (χ0v) is 22.9.